The third-order valence-corrected chi connectivity index (χ3v) is 3.62. The summed E-state index contributed by atoms with van der Waals surface area (Å²) in [4.78, 5) is 15.1. The lowest BCUT2D eigenvalue weighted by molar-refractivity contribution is -0.130. The number of carbonyl (C=O) groups excluding carboxylic acids is 1. The minimum absolute atomic E-state index is 0.00173. The lowest BCUT2D eigenvalue weighted by Crippen LogP contribution is -2.26. The average molecular weight is 344 g/mol. The van der Waals surface area contributed by atoms with Gasteiger partial charge in [0, 0.05) is 25.1 Å². The van der Waals surface area contributed by atoms with Crippen LogP contribution in [0.2, 0.25) is 0 Å². The Morgan fingerprint density at radius 1 is 1.28 bits per heavy atom. The molecule has 0 fully saturated rings. The fourth-order valence-corrected chi connectivity index (χ4v) is 2.27. The summed E-state index contributed by atoms with van der Waals surface area (Å²) in [5.41, 5.74) is 1.40. The fourth-order valence-electron chi connectivity index (χ4n) is 2.27. The quantitative estimate of drug-likeness (QED) is 0.650. The number of hydrogen-bond donors (Lipinski definition) is 0. The predicted molar refractivity (Wildman–Crippen MR) is 85.4 cm³/mol. The number of carbonyl (C=O) groups is 1. The minimum Gasteiger partial charge on any atom is -0.364 e. The predicted octanol–water partition coefficient (Wildman–Crippen LogP) is 1.91. The SMILES string of the molecule is CN(Cc1ccon1)C(=O)CCCn1nnc(-c2ccc(F)cc2)n1. The first-order valence-corrected chi connectivity index (χ1v) is 7.79. The van der Waals surface area contributed by atoms with Crippen LogP contribution in [0.15, 0.2) is 41.1 Å². The van der Waals surface area contributed by atoms with E-state index in [0.717, 1.165) is 0 Å². The molecule has 25 heavy (non-hydrogen) atoms. The molecule has 1 amide bonds. The van der Waals surface area contributed by atoms with Crippen LogP contribution in [-0.2, 0) is 17.9 Å². The van der Waals surface area contributed by atoms with Gasteiger partial charge in [0.1, 0.15) is 17.8 Å². The molecule has 0 aliphatic heterocycles. The van der Waals surface area contributed by atoms with E-state index >= 15 is 0 Å². The van der Waals surface area contributed by atoms with Crippen LogP contribution in [0, 0.1) is 5.82 Å². The largest absolute Gasteiger partial charge is 0.364 e. The Morgan fingerprint density at radius 3 is 2.80 bits per heavy atom. The van der Waals surface area contributed by atoms with E-state index in [9.17, 15) is 9.18 Å². The summed E-state index contributed by atoms with van der Waals surface area (Å²) >= 11 is 0. The summed E-state index contributed by atoms with van der Waals surface area (Å²) in [6, 6.07) is 7.61. The van der Waals surface area contributed by atoms with Gasteiger partial charge >= 0.3 is 0 Å². The molecular formula is C16H17FN6O2. The minimum atomic E-state index is -0.315. The number of aryl methyl sites for hydroxylation is 1. The molecule has 0 spiro atoms. The molecule has 8 nitrogen and oxygen atoms in total. The molecule has 3 rings (SSSR count). The van der Waals surface area contributed by atoms with Crippen LogP contribution in [0.25, 0.3) is 11.4 Å². The van der Waals surface area contributed by atoms with Crippen LogP contribution in [0.1, 0.15) is 18.5 Å². The highest BCUT2D eigenvalue weighted by molar-refractivity contribution is 5.75. The first-order chi connectivity index (χ1) is 12.1. The van der Waals surface area contributed by atoms with Gasteiger partial charge in [-0.2, -0.15) is 4.80 Å². The van der Waals surface area contributed by atoms with E-state index in [2.05, 4.69) is 20.6 Å². The topological polar surface area (TPSA) is 89.9 Å². The fraction of sp³-hybridized carbons (Fsp3) is 0.312. The molecule has 130 valence electrons. The molecule has 0 aliphatic carbocycles. The Morgan fingerprint density at radius 2 is 2.08 bits per heavy atom. The van der Waals surface area contributed by atoms with Crippen molar-refractivity contribution in [1.29, 1.82) is 0 Å². The molecule has 0 saturated carbocycles. The summed E-state index contributed by atoms with van der Waals surface area (Å²) in [5.74, 6) is 0.112. The van der Waals surface area contributed by atoms with Crippen molar-refractivity contribution in [2.45, 2.75) is 25.9 Å². The van der Waals surface area contributed by atoms with Crippen LogP contribution in [0.4, 0.5) is 4.39 Å². The van der Waals surface area contributed by atoms with E-state index in [1.165, 1.54) is 23.2 Å². The zero-order valence-corrected chi connectivity index (χ0v) is 13.7. The van der Waals surface area contributed by atoms with Crippen molar-refractivity contribution in [2.75, 3.05) is 7.05 Å². The molecule has 0 bridgehead atoms. The van der Waals surface area contributed by atoms with Crippen LogP contribution >= 0.6 is 0 Å². The smallest absolute Gasteiger partial charge is 0.222 e. The second-order valence-corrected chi connectivity index (χ2v) is 5.56. The van der Waals surface area contributed by atoms with Gasteiger partial charge in [0.2, 0.25) is 11.7 Å². The lowest BCUT2D eigenvalue weighted by atomic mass is 10.2. The normalized spacial score (nSPS) is 10.8. The molecular weight excluding hydrogens is 327 g/mol. The maximum atomic E-state index is 12.9. The molecule has 0 saturated heterocycles. The van der Waals surface area contributed by atoms with Crippen LogP contribution < -0.4 is 0 Å². The molecule has 0 atom stereocenters. The molecule has 1 aromatic carbocycles. The van der Waals surface area contributed by atoms with Crippen molar-refractivity contribution < 1.29 is 13.7 Å². The summed E-state index contributed by atoms with van der Waals surface area (Å²) in [7, 11) is 1.72. The Hall–Kier alpha value is -3.10. The van der Waals surface area contributed by atoms with Gasteiger partial charge in [-0.1, -0.05) is 5.16 Å². The molecule has 3 aromatic rings. The Labute approximate surface area is 143 Å². The maximum Gasteiger partial charge on any atom is 0.222 e. The van der Waals surface area contributed by atoms with Crippen molar-refractivity contribution in [3.05, 3.63) is 48.1 Å². The number of hydrogen-bond acceptors (Lipinski definition) is 6. The zero-order chi connectivity index (χ0) is 17.6. The zero-order valence-electron chi connectivity index (χ0n) is 13.7. The molecule has 0 unspecified atom stereocenters. The Kier molecular flexibility index (Phi) is 5.12. The summed E-state index contributed by atoms with van der Waals surface area (Å²) in [6.07, 6.45) is 2.42. The summed E-state index contributed by atoms with van der Waals surface area (Å²) in [5, 5.41) is 15.9. The van der Waals surface area contributed by atoms with Gasteiger partial charge in [-0.3, -0.25) is 4.79 Å². The first-order valence-electron chi connectivity index (χ1n) is 7.79. The maximum absolute atomic E-state index is 12.9. The number of nitrogens with zero attached hydrogens (tertiary/aromatic N) is 6. The van der Waals surface area contributed by atoms with Crippen molar-refractivity contribution in [3.63, 3.8) is 0 Å². The van der Waals surface area contributed by atoms with Gasteiger partial charge in [-0.05, 0) is 35.9 Å². The highest BCUT2D eigenvalue weighted by Crippen LogP contribution is 2.13. The molecule has 0 radical (unpaired) electrons. The van der Waals surface area contributed by atoms with Crippen molar-refractivity contribution in [2.24, 2.45) is 0 Å². The standard InChI is InChI=1S/C16H17FN6O2/c1-22(11-14-8-10-25-20-14)15(24)3-2-9-23-19-16(18-21-23)12-4-6-13(17)7-5-12/h4-8,10H,2-3,9,11H2,1H3. The van der Waals surface area contributed by atoms with Crippen LogP contribution in [-0.4, -0.2) is 43.2 Å². The number of amides is 1. The third kappa shape index (κ3) is 4.46. The van der Waals surface area contributed by atoms with Gasteiger partial charge < -0.3 is 9.42 Å². The van der Waals surface area contributed by atoms with Crippen molar-refractivity contribution >= 4 is 5.91 Å². The summed E-state index contributed by atoms with van der Waals surface area (Å²) in [6.45, 7) is 0.878. The van der Waals surface area contributed by atoms with E-state index in [4.69, 9.17) is 4.52 Å². The second-order valence-electron chi connectivity index (χ2n) is 5.56. The van der Waals surface area contributed by atoms with Crippen LogP contribution in [0.3, 0.4) is 0 Å². The highest BCUT2D eigenvalue weighted by Gasteiger charge is 2.11. The Balaban J connectivity index is 1.47. The molecule has 9 heteroatoms. The first kappa shape index (κ1) is 16.7. The van der Waals surface area contributed by atoms with E-state index in [0.29, 0.717) is 43.0 Å². The third-order valence-electron chi connectivity index (χ3n) is 3.62. The number of rotatable bonds is 7. The van der Waals surface area contributed by atoms with Crippen molar-refractivity contribution in [3.8, 4) is 11.4 Å². The Bertz CT molecular complexity index is 816. The molecule has 2 aromatic heterocycles. The lowest BCUT2D eigenvalue weighted by Gasteiger charge is -2.15. The van der Waals surface area contributed by atoms with Gasteiger partial charge in [-0.15, -0.1) is 10.2 Å². The van der Waals surface area contributed by atoms with Crippen LogP contribution in [0.5, 0.6) is 0 Å². The number of benzene rings is 1. The summed E-state index contributed by atoms with van der Waals surface area (Å²) < 4.78 is 17.7. The van der Waals surface area contributed by atoms with E-state index in [-0.39, 0.29) is 11.7 Å². The number of halogens is 1. The second kappa shape index (κ2) is 7.65. The van der Waals surface area contributed by atoms with E-state index < -0.39 is 0 Å². The average Bonchev–Trinajstić information content (AvgIpc) is 3.27. The number of aromatic nitrogens is 5. The van der Waals surface area contributed by atoms with Gasteiger partial charge in [0.15, 0.2) is 0 Å². The molecule has 0 aliphatic rings. The van der Waals surface area contributed by atoms with E-state index in [1.54, 1.807) is 30.1 Å². The van der Waals surface area contributed by atoms with E-state index in [1.807, 2.05) is 0 Å². The van der Waals surface area contributed by atoms with Gasteiger partial charge in [0.05, 0.1) is 13.1 Å². The monoisotopic (exact) mass is 344 g/mol. The molecule has 2 heterocycles. The molecule has 0 N–H and O–H groups in total. The van der Waals surface area contributed by atoms with Gasteiger partial charge in [-0.25, -0.2) is 4.39 Å². The van der Waals surface area contributed by atoms with Crippen molar-refractivity contribution in [1.82, 2.24) is 30.3 Å². The number of tetrazole rings is 1. The van der Waals surface area contributed by atoms with Gasteiger partial charge in [0.25, 0.3) is 0 Å². The highest BCUT2D eigenvalue weighted by atomic mass is 19.1.